The van der Waals surface area contributed by atoms with E-state index in [1.807, 2.05) is 12.1 Å². The highest BCUT2D eigenvalue weighted by Crippen LogP contribution is 2.17. The minimum absolute atomic E-state index is 0.291. The lowest BCUT2D eigenvalue weighted by atomic mass is 10.1. The predicted octanol–water partition coefficient (Wildman–Crippen LogP) is 3.31. The van der Waals surface area contributed by atoms with Crippen LogP contribution >= 0.6 is 0 Å². The summed E-state index contributed by atoms with van der Waals surface area (Å²) in [5, 5.41) is 2.65. The first-order chi connectivity index (χ1) is 8.88. The molecule has 1 N–H and O–H groups in total. The Morgan fingerprint density at radius 1 is 0.944 bits per heavy atom. The lowest BCUT2D eigenvalue weighted by Gasteiger charge is -1.98. The Morgan fingerprint density at radius 2 is 1.39 bits per heavy atom. The minimum Gasteiger partial charge on any atom is -0.250 e. The minimum atomic E-state index is 0.291. The van der Waals surface area contributed by atoms with E-state index in [4.69, 9.17) is 5.53 Å². The van der Waals surface area contributed by atoms with Gasteiger partial charge < -0.3 is 0 Å². The van der Waals surface area contributed by atoms with Gasteiger partial charge in [-0.15, -0.1) is 5.53 Å². The molecule has 90 valence electrons. The molecule has 0 unspecified atom stereocenters. The molecule has 5 heteroatoms. The van der Waals surface area contributed by atoms with Crippen molar-refractivity contribution >= 4 is 6.41 Å². The highest BCUT2D eigenvalue weighted by atomic mass is 16.1. The zero-order valence-corrected chi connectivity index (χ0v) is 9.60. The maximum absolute atomic E-state index is 9.19. The van der Waals surface area contributed by atoms with Crippen molar-refractivity contribution in [2.45, 2.75) is 0 Å². The standard InChI is InChI=1S/C12H10.CH2N4O/c1-3-7-11(8-4-1)12-9-5-2-6-10-12;2-4-5-3-1-6/h1-10H;1H,(H,3,6). The number of hydrogen-bond acceptors (Lipinski definition) is 2. The molecule has 2 aromatic rings. The first kappa shape index (κ1) is 13.3. The van der Waals surface area contributed by atoms with Crippen LogP contribution in [0.1, 0.15) is 0 Å². The van der Waals surface area contributed by atoms with E-state index in [9.17, 15) is 4.79 Å². The number of carbonyl (C=O) groups excluding carboxylic acids is 1. The molecule has 0 aliphatic heterocycles. The molecule has 18 heavy (non-hydrogen) atoms. The van der Waals surface area contributed by atoms with Crippen molar-refractivity contribution in [3.63, 3.8) is 0 Å². The summed E-state index contributed by atoms with van der Waals surface area (Å²) in [6.45, 7) is 0. The van der Waals surface area contributed by atoms with Gasteiger partial charge >= 0.3 is 0 Å². The van der Waals surface area contributed by atoms with Crippen LogP contribution in [0.3, 0.4) is 0 Å². The molecule has 0 aromatic heterocycles. The number of benzene rings is 2. The van der Waals surface area contributed by atoms with Gasteiger partial charge in [0.15, 0.2) is 0 Å². The van der Waals surface area contributed by atoms with Gasteiger partial charge in [-0.2, -0.15) is 10.3 Å². The summed E-state index contributed by atoms with van der Waals surface area (Å²) in [4.78, 5) is 11.4. The van der Waals surface area contributed by atoms with Gasteiger partial charge in [-0.05, 0) is 16.4 Å². The lowest BCUT2D eigenvalue weighted by Crippen LogP contribution is -1.95. The Bertz CT molecular complexity index is 470. The van der Waals surface area contributed by atoms with Crippen LogP contribution in [0, 0.1) is 0 Å². The van der Waals surface area contributed by atoms with Crippen molar-refractivity contribution in [2.75, 3.05) is 0 Å². The highest BCUT2D eigenvalue weighted by Gasteiger charge is 1.91. The fourth-order valence-corrected chi connectivity index (χ4v) is 1.31. The third-order valence-electron chi connectivity index (χ3n) is 2.04. The number of hydrogen-bond donors (Lipinski definition) is 1. The van der Waals surface area contributed by atoms with Crippen molar-refractivity contribution in [3.05, 3.63) is 71.1 Å². The number of nitrogens with zero attached hydrogens (tertiary/aromatic N) is 3. The van der Waals surface area contributed by atoms with Crippen LogP contribution < -0.4 is 5.43 Å². The number of rotatable bonds is 3. The second-order valence-corrected chi connectivity index (χ2v) is 3.17. The predicted molar refractivity (Wildman–Crippen MR) is 70.2 cm³/mol. The first-order valence-electron chi connectivity index (χ1n) is 5.22. The Labute approximate surface area is 105 Å². The molecule has 5 nitrogen and oxygen atoms in total. The third-order valence-corrected chi connectivity index (χ3v) is 2.04. The van der Waals surface area contributed by atoms with Gasteiger partial charge in [-0.1, -0.05) is 60.7 Å². The fourth-order valence-electron chi connectivity index (χ4n) is 1.31. The number of carbonyl (C=O) groups is 1. The highest BCUT2D eigenvalue weighted by molar-refractivity contribution is 5.62. The van der Waals surface area contributed by atoms with Crippen LogP contribution in [0.15, 0.2) is 65.9 Å². The molecule has 0 radical (unpaired) electrons. The third kappa shape index (κ3) is 4.83. The summed E-state index contributed by atoms with van der Waals surface area (Å²) in [6.07, 6.45) is 0.291. The summed E-state index contributed by atoms with van der Waals surface area (Å²) in [6, 6.07) is 20.8. The van der Waals surface area contributed by atoms with Gasteiger partial charge in [0.1, 0.15) is 0 Å². The summed E-state index contributed by atoms with van der Waals surface area (Å²) < 4.78 is 0. The van der Waals surface area contributed by atoms with Crippen molar-refractivity contribution in [3.8, 4) is 11.1 Å². The van der Waals surface area contributed by atoms with Crippen LogP contribution in [0.4, 0.5) is 0 Å². The molecular formula is C13H12N4O. The Balaban J connectivity index is 0.000000232. The van der Waals surface area contributed by atoms with Crippen molar-refractivity contribution in [1.82, 2.24) is 5.43 Å². The van der Waals surface area contributed by atoms with E-state index in [1.165, 1.54) is 11.1 Å². The van der Waals surface area contributed by atoms with Crippen LogP contribution in [-0.2, 0) is 4.79 Å². The lowest BCUT2D eigenvalue weighted by molar-refractivity contribution is -0.109. The molecule has 0 fully saturated rings. The molecule has 2 rings (SSSR count). The molecule has 0 spiro atoms. The first-order valence-corrected chi connectivity index (χ1v) is 5.22. The summed E-state index contributed by atoms with van der Waals surface area (Å²) >= 11 is 0. The van der Waals surface area contributed by atoms with Gasteiger partial charge in [-0.25, -0.2) is 0 Å². The molecule has 0 bridgehead atoms. The average Bonchev–Trinajstić information content (AvgIpc) is 2.48. The van der Waals surface area contributed by atoms with Crippen molar-refractivity contribution in [2.24, 2.45) is 5.22 Å². The van der Waals surface area contributed by atoms with E-state index in [0.29, 0.717) is 6.41 Å². The van der Waals surface area contributed by atoms with E-state index in [1.54, 1.807) is 5.43 Å². The molecule has 0 saturated carbocycles. The maximum Gasteiger partial charge on any atom is 0.298 e. The number of amides is 1. The van der Waals surface area contributed by atoms with Gasteiger partial charge in [0.05, 0.1) is 0 Å². The second kappa shape index (κ2) is 8.38. The smallest absolute Gasteiger partial charge is 0.250 e. The van der Waals surface area contributed by atoms with Crippen LogP contribution in [0.2, 0.25) is 0 Å². The van der Waals surface area contributed by atoms with E-state index < -0.39 is 0 Å². The number of nitrogens with one attached hydrogen (secondary N) is 1. The average molecular weight is 240 g/mol. The van der Waals surface area contributed by atoms with Gasteiger partial charge in [0.25, 0.3) is 6.41 Å². The van der Waals surface area contributed by atoms with Gasteiger partial charge in [0.2, 0.25) is 0 Å². The molecule has 0 aliphatic rings. The zero-order valence-electron chi connectivity index (χ0n) is 9.60. The van der Waals surface area contributed by atoms with E-state index >= 15 is 0 Å². The second-order valence-electron chi connectivity index (χ2n) is 3.17. The Hall–Kier alpha value is -2.78. The van der Waals surface area contributed by atoms with E-state index in [2.05, 4.69) is 58.7 Å². The van der Waals surface area contributed by atoms with E-state index in [-0.39, 0.29) is 0 Å². The van der Waals surface area contributed by atoms with Gasteiger partial charge in [0, 0.05) is 0 Å². The molecular weight excluding hydrogens is 228 g/mol. The molecule has 0 heterocycles. The Kier molecular flexibility index (Phi) is 6.19. The Morgan fingerprint density at radius 3 is 1.67 bits per heavy atom. The number of azide groups is 1. The van der Waals surface area contributed by atoms with Crippen molar-refractivity contribution < 1.29 is 4.79 Å². The van der Waals surface area contributed by atoms with Crippen molar-refractivity contribution in [1.29, 1.82) is 0 Å². The normalized spacial score (nSPS) is 8.22. The largest absolute Gasteiger partial charge is 0.298 e. The maximum atomic E-state index is 9.19. The topological polar surface area (TPSA) is 77.9 Å². The molecule has 2 aromatic carbocycles. The van der Waals surface area contributed by atoms with Crippen LogP contribution in [0.25, 0.3) is 21.6 Å². The fraction of sp³-hybridized carbons (Fsp3) is 0. The quantitative estimate of drug-likeness (QED) is 0.288. The molecule has 0 atom stereocenters. The SMILES string of the molecule is [N-]=[N+]=NNC=O.c1ccc(-c2ccccc2)cc1. The van der Waals surface area contributed by atoms with Gasteiger partial charge in [-0.3, -0.25) is 4.79 Å². The van der Waals surface area contributed by atoms with Crippen LogP contribution in [-0.4, -0.2) is 6.41 Å². The summed E-state index contributed by atoms with van der Waals surface area (Å²) in [5.41, 5.74) is 11.7. The summed E-state index contributed by atoms with van der Waals surface area (Å²) in [7, 11) is 0. The molecule has 1 amide bonds. The van der Waals surface area contributed by atoms with E-state index in [0.717, 1.165) is 0 Å². The summed E-state index contributed by atoms with van der Waals surface area (Å²) in [5.74, 6) is 0. The van der Waals surface area contributed by atoms with Crippen LogP contribution in [0.5, 0.6) is 0 Å². The molecule has 0 saturated heterocycles. The monoisotopic (exact) mass is 240 g/mol. The molecule has 0 aliphatic carbocycles. The zero-order chi connectivity index (χ0) is 13.1.